The van der Waals surface area contributed by atoms with Crippen molar-refractivity contribution in [3.05, 3.63) is 33.1 Å². The standard InChI is InChI=1S/C17H27N4O5P/c1-12(2)21(13(3)4)27(25-9-5-7-18)26-14-10-16(24-11-14)20-8-6-15(22)19-17(20)23/h6,8,12-14,16H,5,9-11H2,1-4H3,(H,19,22,23). The molecule has 0 radical (unpaired) electrons. The molecule has 2 heterocycles. The van der Waals surface area contributed by atoms with Gasteiger partial charge in [-0.25, -0.2) is 9.46 Å². The Balaban J connectivity index is 2.07. The lowest BCUT2D eigenvalue weighted by Gasteiger charge is -2.36. The van der Waals surface area contributed by atoms with Gasteiger partial charge >= 0.3 is 5.69 Å². The Morgan fingerprint density at radius 1 is 1.41 bits per heavy atom. The van der Waals surface area contributed by atoms with Crippen LogP contribution in [0.1, 0.15) is 46.8 Å². The predicted molar refractivity (Wildman–Crippen MR) is 101 cm³/mol. The van der Waals surface area contributed by atoms with Gasteiger partial charge in [0.25, 0.3) is 14.1 Å². The number of ether oxygens (including phenoxy) is 1. The summed E-state index contributed by atoms with van der Waals surface area (Å²) in [5, 5.41) is 8.77. The van der Waals surface area contributed by atoms with E-state index in [0.29, 0.717) is 26.1 Å². The molecular weight excluding hydrogens is 371 g/mol. The molecule has 1 aromatic rings. The summed E-state index contributed by atoms with van der Waals surface area (Å²) in [6.07, 6.45) is 1.44. The van der Waals surface area contributed by atoms with Gasteiger partial charge in [-0.05, 0) is 27.7 Å². The smallest absolute Gasteiger partial charge is 0.330 e. The Morgan fingerprint density at radius 2 is 2.11 bits per heavy atom. The van der Waals surface area contributed by atoms with Crippen molar-refractivity contribution < 1.29 is 13.8 Å². The molecule has 1 fully saturated rings. The number of rotatable bonds is 9. The largest absolute Gasteiger partial charge is 0.355 e. The number of nitrogens with zero attached hydrogens (tertiary/aromatic N) is 3. The van der Waals surface area contributed by atoms with Crippen LogP contribution in [-0.4, -0.2) is 45.6 Å². The molecule has 2 rings (SSSR count). The van der Waals surface area contributed by atoms with E-state index in [1.165, 1.54) is 16.8 Å². The van der Waals surface area contributed by atoms with Crippen molar-refractivity contribution in [1.82, 2.24) is 14.2 Å². The Kier molecular flexibility index (Phi) is 8.14. The molecule has 1 N–H and O–H groups in total. The summed E-state index contributed by atoms with van der Waals surface area (Å²) in [6, 6.07) is 3.77. The van der Waals surface area contributed by atoms with Crippen LogP contribution in [0.4, 0.5) is 0 Å². The minimum Gasteiger partial charge on any atom is -0.355 e. The monoisotopic (exact) mass is 398 g/mol. The van der Waals surface area contributed by atoms with E-state index in [-0.39, 0.29) is 18.2 Å². The Morgan fingerprint density at radius 3 is 2.70 bits per heavy atom. The van der Waals surface area contributed by atoms with Gasteiger partial charge in [0, 0.05) is 30.8 Å². The number of nitriles is 1. The van der Waals surface area contributed by atoms with E-state index in [4.69, 9.17) is 19.0 Å². The summed E-state index contributed by atoms with van der Waals surface area (Å²) in [7, 11) is -1.37. The zero-order valence-corrected chi connectivity index (χ0v) is 17.0. The molecule has 27 heavy (non-hydrogen) atoms. The first-order chi connectivity index (χ1) is 12.8. The molecule has 0 spiro atoms. The average molecular weight is 398 g/mol. The third-order valence-corrected chi connectivity index (χ3v) is 6.18. The summed E-state index contributed by atoms with van der Waals surface area (Å²) in [5.74, 6) is 0. The van der Waals surface area contributed by atoms with E-state index in [2.05, 4.69) is 43.4 Å². The number of aromatic amines is 1. The maximum Gasteiger partial charge on any atom is 0.330 e. The highest BCUT2D eigenvalue weighted by molar-refractivity contribution is 7.44. The molecule has 0 saturated carbocycles. The van der Waals surface area contributed by atoms with Crippen LogP contribution in [0.2, 0.25) is 0 Å². The van der Waals surface area contributed by atoms with E-state index in [9.17, 15) is 9.59 Å². The van der Waals surface area contributed by atoms with Gasteiger partial charge in [-0.2, -0.15) is 5.26 Å². The van der Waals surface area contributed by atoms with Crippen LogP contribution in [0.5, 0.6) is 0 Å². The first-order valence-electron chi connectivity index (χ1n) is 9.01. The number of hydrogen-bond acceptors (Lipinski definition) is 7. The van der Waals surface area contributed by atoms with Crippen molar-refractivity contribution in [2.45, 2.75) is 65.0 Å². The highest BCUT2D eigenvalue weighted by Gasteiger charge is 2.35. The highest BCUT2D eigenvalue weighted by atomic mass is 31.2. The van der Waals surface area contributed by atoms with Crippen LogP contribution in [-0.2, 0) is 13.8 Å². The van der Waals surface area contributed by atoms with Gasteiger partial charge in [0.2, 0.25) is 0 Å². The fraction of sp³-hybridized carbons (Fsp3) is 0.706. The first-order valence-corrected chi connectivity index (χ1v) is 10.1. The van der Waals surface area contributed by atoms with Gasteiger partial charge in [-0.1, -0.05) is 0 Å². The molecule has 150 valence electrons. The molecule has 0 amide bonds. The van der Waals surface area contributed by atoms with Crippen LogP contribution in [0.3, 0.4) is 0 Å². The third-order valence-electron chi connectivity index (χ3n) is 4.00. The van der Waals surface area contributed by atoms with Gasteiger partial charge in [-0.15, -0.1) is 0 Å². The van der Waals surface area contributed by atoms with Crippen LogP contribution in [0, 0.1) is 11.3 Å². The van der Waals surface area contributed by atoms with Crippen molar-refractivity contribution in [3.8, 4) is 6.07 Å². The van der Waals surface area contributed by atoms with Gasteiger partial charge in [0.15, 0.2) is 0 Å². The zero-order chi connectivity index (χ0) is 20.0. The second kappa shape index (κ2) is 10.1. The van der Waals surface area contributed by atoms with Gasteiger partial charge in [0.1, 0.15) is 6.23 Å². The number of nitrogens with one attached hydrogen (secondary N) is 1. The third kappa shape index (κ3) is 5.96. The Labute approximate surface area is 159 Å². The predicted octanol–water partition coefficient (Wildman–Crippen LogP) is 2.12. The van der Waals surface area contributed by atoms with Gasteiger partial charge in [-0.3, -0.25) is 14.3 Å². The van der Waals surface area contributed by atoms with Crippen LogP contribution in [0.15, 0.2) is 21.9 Å². The van der Waals surface area contributed by atoms with E-state index in [0.717, 1.165) is 0 Å². The molecule has 0 bridgehead atoms. The molecule has 3 unspecified atom stereocenters. The fourth-order valence-corrected chi connectivity index (χ4v) is 4.63. The van der Waals surface area contributed by atoms with Gasteiger partial charge < -0.3 is 13.8 Å². The minimum absolute atomic E-state index is 0.207. The summed E-state index contributed by atoms with van der Waals surface area (Å²) < 4.78 is 21.3. The summed E-state index contributed by atoms with van der Waals surface area (Å²) in [6.45, 7) is 8.90. The number of hydrogen-bond donors (Lipinski definition) is 1. The molecule has 0 aromatic carbocycles. The van der Waals surface area contributed by atoms with Gasteiger partial charge in [0.05, 0.1) is 31.8 Å². The maximum absolute atomic E-state index is 11.9. The molecule has 9 nitrogen and oxygen atoms in total. The molecule has 1 aliphatic rings. The lowest BCUT2D eigenvalue weighted by atomic mass is 10.3. The zero-order valence-electron chi connectivity index (χ0n) is 16.1. The van der Waals surface area contributed by atoms with E-state index in [1.54, 1.807) is 0 Å². The number of H-pyrrole nitrogens is 1. The summed E-state index contributed by atoms with van der Waals surface area (Å²) in [5.41, 5.74) is -0.951. The van der Waals surface area contributed by atoms with E-state index < -0.39 is 26.0 Å². The van der Waals surface area contributed by atoms with E-state index in [1.807, 2.05) is 0 Å². The van der Waals surface area contributed by atoms with E-state index >= 15 is 0 Å². The average Bonchev–Trinajstić information content (AvgIpc) is 3.02. The quantitative estimate of drug-likeness (QED) is 0.501. The normalized spacial score (nSPS) is 21.1. The molecule has 1 aliphatic heterocycles. The molecule has 0 aliphatic carbocycles. The molecule has 1 saturated heterocycles. The lowest BCUT2D eigenvalue weighted by molar-refractivity contribution is 0.0447. The molecule has 1 aromatic heterocycles. The summed E-state index contributed by atoms with van der Waals surface area (Å²) >= 11 is 0. The molecular formula is C17H27N4O5P. The highest BCUT2D eigenvalue weighted by Crippen LogP contribution is 2.48. The van der Waals surface area contributed by atoms with Crippen LogP contribution in [0.25, 0.3) is 0 Å². The SMILES string of the molecule is CC(C)N(C(C)C)P(OCCC#N)OC1COC(n2ccc(=O)[nH]c2=O)C1. The summed E-state index contributed by atoms with van der Waals surface area (Å²) in [4.78, 5) is 25.4. The maximum atomic E-state index is 11.9. The van der Waals surface area contributed by atoms with Crippen LogP contribution < -0.4 is 11.2 Å². The lowest BCUT2D eigenvalue weighted by Crippen LogP contribution is -2.35. The van der Waals surface area contributed by atoms with Crippen LogP contribution >= 0.6 is 8.53 Å². The van der Waals surface area contributed by atoms with Crippen molar-refractivity contribution >= 4 is 8.53 Å². The Bertz CT molecular complexity index is 749. The Hall–Kier alpha value is -1.56. The van der Waals surface area contributed by atoms with Crippen molar-refractivity contribution in [2.24, 2.45) is 0 Å². The van der Waals surface area contributed by atoms with Crippen molar-refractivity contribution in [3.63, 3.8) is 0 Å². The number of aromatic nitrogens is 2. The fourth-order valence-electron chi connectivity index (χ4n) is 2.92. The topological polar surface area (TPSA) is 110 Å². The van der Waals surface area contributed by atoms with Crippen molar-refractivity contribution in [2.75, 3.05) is 13.2 Å². The second-order valence-electron chi connectivity index (χ2n) is 6.82. The molecule has 10 heteroatoms. The minimum atomic E-state index is -1.37. The van der Waals surface area contributed by atoms with Crippen molar-refractivity contribution in [1.29, 1.82) is 5.26 Å². The first kappa shape index (κ1) is 21.7. The molecule has 3 atom stereocenters. The second-order valence-corrected chi connectivity index (χ2v) is 8.22.